The number of halogens is 1. The molecule has 1 rings (SSSR count). The molecule has 0 aromatic rings. The van der Waals surface area contributed by atoms with Crippen molar-refractivity contribution in [2.75, 3.05) is 18.5 Å². The Kier molecular flexibility index (Phi) is 4.73. The number of carbonyl (C=O) groups excluding carboxylic acids is 1. The quantitative estimate of drug-likeness (QED) is 0.603. The first-order valence-electron chi connectivity index (χ1n) is 4.71. The summed E-state index contributed by atoms with van der Waals surface area (Å²) in [6, 6.07) is 0. The standard InChI is InChI=1S/C9H16BrNO2/c1-7-3-6-13-8(7)9(12)11-5-2-4-10/h7-8H,2-6H2,1H3,(H,11,12). The number of rotatable bonds is 4. The highest BCUT2D eigenvalue weighted by molar-refractivity contribution is 9.09. The van der Waals surface area contributed by atoms with Gasteiger partial charge < -0.3 is 10.1 Å². The van der Waals surface area contributed by atoms with Crippen LogP contribution in [0.1, 0.15) is 19.8 Å². The van der Waals surface area contributed by atoms with Crippen molar-refractivity contribution in [3.05, 3.63) is 0 Å². The molecule has 1 amide bonds. The molecule has 13 heavy (non-hydrogen) atoms. The second-order valence-corrected chi connectivity index (χ2v) is 4.18. The Morgan fingerprint density at radius 2 is 2.46 bits per heavy atom. The molecule has 1 aliphatic heterocycles. The van der Waals surface area contributed by atoms with Crippen molar-refractivity contribution in [2.45, 2.75) is 25.9 Å². The van der Waals surface area contributed by atoms with E-state index in [1.165, 1.54) is 0 Å². The minimum atomic E-state index is -0.213. The van der Waals surface area contributed by atoms with Crippen molar-refractivity contribution < 1.29 is 9.53 Å². The highest BCUT2D eigenvalue weighted by Gasteiger charge is 2.30. The molecule has 76 valence electrons. The van der Waals surface area contributed by atoms with Crippen molar-refractivity contribution in [3.63, 3.8) is 0 Å². The number of hydrogen-bond acceptors (Lipinski definition) is 2. The van der Waals surface area contributed by atoms with E-state index in [2.05, 4.69) is 28.2 Å². The molecule has 2 unspecified atom stereocenters. The van der Waals surface area contributed by atoms with Crippen LogP contribution in [-0.4, -0.2) is 30.5 Å². The van der Waals surface area contributed by atoms with Crippen LogP contribution in [0.3, 0.4) is 0 Å². The van der Waals surface area contributed by atoms with E-state index in [-0.39, 0.29) is 12.0 Å². The molecule has 0 spiro atoms. The molecule has 1 aliphatic rings. The topological polar surface area (TPSA) is 38.3 Å². The van der Waals surface area contributed by atoms with Crippen LogP contribution in [-0.2, 0) is 9.53 Å². The van der Waals surface area contributed by atoms with Crippen molar-refractivity contribution >= 4 is 21.8 Å². The minimum Gasteiger partial charge on any atom is -0.368 e. The summed E-state index contributed by atoms with van der Waals surface area (Å²) in [4.78, 5) is 11.5. The minimum absolute atomic E-state index is 0.0472. The summed E-state index contributed by atoms with van der Waals surface area (Å²) in [7, 11) is 0. The molecular formula is C9H16BrNO2. The van der Waals surface area contributed by atoms with Gasteiger partial charge in [0.15, 0.2) is 0 Å². The van der Waals surface area contributed by atoms with E-state index in [1.807, 2.05) is 0 Å². The Balaban J connectivity index is 2.22. The molecule has 3 nitrogen and oxygen atoms in total. The molecule has 0 bridgehead atoms. The maximum absolute atomic E-state index is 11.5. The zero-order chi connectivity index (χ0) is 9.68. The van der Waals surface area contributed by atoms with Gasteiger partial charge >= 0.3 is 0 Å². The predicted octanol–water partition coefficient (Wildman–Crippen LogP) is 1.31. The number of hydrogen-bond donors (Lipinski definition) is 1. The van der Waals surface area contributed by atoms with Gasteiger partial charge in [-0.2, -0.15) is 0 Å². The monoisotopic (exact) mass is 249 g/mol. The molecule has 2 atom stereocenters. The number of nitrogens with one attached hydrogen (secondary N) is 1. The molecule has 0 saturated carbocycles. The molecule has 1 saturated heterocycles. The number of carbonyl (C=O) groups is 1. The van der Waals surface area contributed by atoms with E-state index < -0.39 is 0 Å². The fourth-order valence-electron chi connectivity index (χ4n) is 1.41. The number of alkyl halides is 1. The molecule has 1 fully saturated rings. The van der Waals surface area contributed by atoms with Crippen LogP contribution in [0.5, 0.6) is 0 Å². The summed E-state index contributed by atoms with van der Waals surface area (Å²) < 4.78 is 5.33. The van der Waals surface area contributed by atoms with E-state index in [9.17, 15) is 4.79 Å². The van der Waals surface area contributed by atoms with E-state index in [4.69, 9.17) is 4.74 Å². The lowest BCUT2D eigenvalue weighted by molar-refractivity contribution is -0.131. The van der Waals surface area contributed by atoms with Crippen LogP contribution in [0.15, 0.2) is 0 Å². The smallest absolute Gasteiger partial charge is 0.249 e. The maximum Gasteiger partial charge on any atom is 0.249 e. The van der Waals surface area contributed by atoms with Gasteiger partial charge in [-0.3, -0.25) is 4.79 Å². The molecule has 0 radical (unpaired) electrons. The van der Waals surface area contributed by atoms with Gasteiger partial charge in [-0.1, -0.05) is 22.9 Å². The van der Waals surface area contributed by atoms with Crippen molar-refractivity contribution in [3.8, 4) is 0 Å². The average molecular weight is 250 g/mol. The molecule has 0 aliphatic carbocycles. The lowest BCUT2D eigenvalue weighted by Gasteiger charge is -2.13. The SMILES string of the molecule is CC1CCOC1C(=O)NCCCBr. The van der Waals surface area contributed by atoms with Crippen LogP contribution in [0, 0.1) is 5.92 Å². The van der Waals surface area contributed by atoms with Gasteiger partial charge in [-0.25, -0.2) is 0 Å². The van der Waals surface area contributed by atoms with Gasteiger partial charge in [0.2, 0.25) is 5.91 Å². The second-order valence-electron chi connectivity index (χ2n) is 3.39. The summed E-state index contributed by atoms with van der Waals surface area (Å²) in [6.07, 6.45) is 1.75. The zero-order valence-corrected chi connectivity index (χ0v) is 9.47. The first-order chi connectivity index (χ1) is 6.25. The number of ether oxygens (including phenoxy) is 1. The lowest BCUT2D eigenvalue weighted by Crippen LogP contribution is -2.37. The molecule has 0 aromatic heterocycles. The zero-order valence-electron chi connectivity index (χ0n) is 7.88. The third-order valence-electron chi connectivity index (χ3n) is 2.26. The second kappa shape index (κ2) is 5.60. The molecule has 0 aromatic carbocycles. The lowest BCUT2D eigenvalue weighted by atomic mass is 10.0. The van der Waals surface area contributed by atoms with Crippen molar-refractivity contribution in [2.24, 2.45) is 5.92 Å². The molecular weight excluding hydrogens is 234 g/mol. The number of amides is 1. The van der Waals surface area contributed by atoms with Crippen LogP contribution >= 0.6 is 15.9 Å². The Bertz CT molecular complexity index is 175. The van der Waals surface area contributed by atoms with Crippen LogP contribution in [0.4, 0.5) is 0 Å². The van der Waals surface area contributed by atoms with Gasteiger partial charge in [-0.15, -0.1) is 0 Å². The van der Waals surface area contributed by atoms with E-state index in [0.29, 0.717) is 5.92 Å². The fraction of sp³-hybridized carbons (Fsp3) is 0.889. The first-order valence-corrected chi connectivity index (χ1v) is 5.83. The predicted molar refractivity (Wildman–Crippen MR) is 54.9 cm³/mol. The summed E-state index contributed by atoms with van der Waals surface area (Å²) in [6.45, 7) is 3.51. The van der Waals surface area contributed by atoms with Gasteiger partial charge in [0, 0.05) is 18.5 Å². The summed E-state index contributed by atoms with van der Waals surface area (Å²) in [5.41, 5.74) is 0. The summed E-state index contributed by atoms with van der Waals surface area (Å²) in [5, 5.41) is 3.79. The molecule has 1 heterocycles. The van der Waals surface area contributed by atoms with Gasteiger partial charge in [0.05, 0.1) is 0 Å². The van der Waals surface area contributed by atoms with E-state index in [0.717, 1.165) is 31.3 Å². The van der Waals surface area contributed by atoms with Gasteiger partial charge in [0.25, 0.3) is 0 Å². The average Bonchev–Trinajstić information content (AvgIpc) is 2.52. The largest absolute Gasteiger partial charge is 0.368 e. The Morgan fingerprint density at radius 1 is 1.69 bits per heavy atom. The Hall–Kier alpha value is -0.0900. The third kappa shape index (κ3) is 3.27. The summed E-state index contributed by atoms with van der Waals surface area (Å²) >= 11 is 3.31. The molecule has 1 N–H and O–H groups in total. The third-order valence-corrected chi connectivity index (χ3v) is 2.82. The fourth-order valence-corrected chi connectivity index (χ4v) is 1.69. The normalized spacial score (nSPS) is 27.5. The Morgan fingerprint density at radius 3 is 3.00 bits per heavy atom. The maximum atomic E-state index is 11.5. The van der Waals surface area contributed by atoms with Crippen LogP contribution in [0.25, 0.3) is 0 Å². The van der Waals surface area contributed by atoms with E-state index >= 15 is 0 Å². The molecule has 4 heteroatoms. The van der Waals surface area contributed by atoms with Gasteiger partial charge in [0.1, 0.15) is 6.10 Å². The van der Waals surface area contributed by atoms with Crippen molar-refractivity contribution in [1.29, 1.82) is 0 Å². The Labute approximate surface area is 87.3 Å². The van der Waals surface area contributed by atoms with Crippen LogP contribution < -0.4 is 5.32 Å². The van der Waals surface area contributed by atoms with E-state index in [1.54, 1.807) is 0 Å². The van der Waals surface area contributed by atoms with Gasteiger partial charge in [-0.05, 0) is 18.8 Å². The summed E-state index contributed by atoms with van der Waals surface area (Å²) in [5.74, 6) is 0.412. The van der Waals surface area contributed by atoms with Crippen LogP contribution in [0.2, 0.25) is 0 Å². The highest BCUT2D eigenvalue weighted by atomic mass is 79.9. The highest BCUT2D eigenvalue weighted by Crippen LogP contribution is 2.19. The van der Waals surface area contributed by atoms with Crippen molar-refractivity contribution in [1.82, 2.24) is 5.32 Å². The first kappa shape index (κ1) is 11.0.